The summed E-state index contributed by atoms with van der Waals surface area (Å²) < 4.78 is 24.8. The van der Waals surface area contributed by atoms with Crippen LogP contribution in [-0.2, 0) is 5.75 Å². The lowest BCUT2D eigenvalue weighted by Crippen LogP contribution is -1.86. The van der Waals surface area contributed by atoms with E-state index in [1.54, 1.807) is 0 Å². The van der Waals surface area contributed by atoms with E-state index in [2.05, 4.69) is 12.6 Å². The van der Waals surface area contributed by atoms with Gasteiger partial charge in [0.2, 0.25) is 0 Å². The lowest BCUT2D eigenvalue weighted by atomic mass is 10.2. The molecule has 0 unspecified atom stereocenters. The summed E-state index contributed by atoms with van der Waals surface area (Å²) in [6.07, 6.45) is 0. The molecule has 1 aromatic carbocycles. The van der Waals surface area contributed by atoms with E-state index in [-0.39, 0.29) is 0 Å². The van der Waals surface area contributed by atoms with Gasteiger partial charge < -0.3 is 0 Å². The fourth-order valence-electron chi connectivity index (χ4n) is 0.650. The maximum Gasteiger partial charge on any atom is 0.130 e. The minimum Gasteiger partial charge on any atom is -0.207 e. The minimum absolute atomic E-state index is 0.298. The highest BCUT2D eigenvalue weighted by molar-refractivity contribution is 7.79. The molecule has 0 bridgehead atoms. The van der Waals surface area contributed by atoms with Gasteiger partial charge in [-0.1, -0.05) is 6.07 Å². The van der Waals surface area contributed by atoms with Crippen molar-refractivity contribution in [3.05, 3.63) is 35.4 Å². The van der Waals surface area contributed by atoms with E-state index in [0.29, 0.717) is 11.3 Å². The van der Waals surface area contributed by atoms with Crippen molar-refractivity contribution in [2.24, 2.45) is 0 Å². The van der Waals surface area contributed by atoms with E-state index in [4.69, 9.17) is 0 Å². The molecular weight excluding hydrogens is 154 g/mol. The van der Waals surface area contributed by atoms with Crippen LogP contribution in [0, 0.1) is 11.6 Å². The number of thiol groups is 1. The van der Waals surface area contributed by atoms with Gasteiger partial charge in [-0.05, 0) is 11.6 Å². The molecule has 1 rings (SSSR count). The Kier molecular flexibility index (Phi) is 2.27. The molecule has 0 radical (unpaired) electrons. The second-order valence-corrected chi connectivity index (χ2v) is 2.21. The highest BCUT2D eigenvalue weighted by Gasteiger charge is 1.99. The molecule has 0 amide bonds. The zero-order valence-corrected chi connectivity index (χ0v) is 6.04. The zero-order chi connectivity index (χ0) is 7.56. The summed E-state index contributed by atoms with van der Waals surface area (Å²) >= 11 is 3.85. The Morgan fingerprint density at radius 2 is 2.00 bits per heavy atom. The molecule has 3 heteroatoms. The monoisotopic (exact) mass is 160 g/mol. The van der Waals surface area contributed by atoms with Crippen molar-refractivity contribution in [3.8, 4) is 0 Å². The van der Waals surface area contributed by atoms with Crippen molar-refractivity contribution >= 4 is 12.6 Å². The molecule has 0 saturated carbocycles. The Bertz CT molecular complexity index is 235. The Hall–Kier alpha value is -0.570. The maximum absolute atomic E-state index is 12.6. The summed E-state index contributed by atoms with van der Waals surface area (Å²) in [4.78, 5) is 0. The molecule has 0 heterocycles. The average Bonchev–Trinajstić information content (AvgIpc) is 1.88. The molecule has 0 N–H and O–H groups in total. The predicted octanol–water partition coefficient (Wildman–Crippen LogP) is 2.39. The fraction of sp³-hybridized carbons (Fsp3) is 0.143. The van der Waals surface area contributed by atoms with Crippen molar-refractivity contribution in [1.29, 1.82) is 0 Å². The second-order valence-electron chi connectivity index (χ2n) is 1.89. The third-order valence-corrected chi connectivity index (χ3v) is 1.53. The van der Waals surface area contributed by atoms with Crippen LogP contribution in [0.5, 0.6) is 0 Å². The summed E-state index contributed by atoms with van der Waals surface area (Å²) in [5, 5.41) is 0. The predicted molar refractivity (Wildman–Crippen MR) is 39.0 cm³/mol. The van der Waals surface area contributed by atoms with Crippen LogP contribution in [0.25, 0.3) is 0 Å². The second kappa shape index (κ2) is 3.01. The van der Waals surface area contributed by atoms with Crippen molar-refractivity contribution in [1.82, 2.24) is 0 Å². The lowest BCUT2D eigenvalue weighted by Gasteiger charge is -1.96. The van der Waals surface area contributed by atoms with Crippen molar-refractivity contribution in [3.63, 3.8) is 0 Å². The van der Waals surface area contributed by atoms with Crippen LogP contribution in [0.4, 0.5) is 8.78 Å². The van der Waals surface area contributed by atoms with Crippen molar-refractivity contribution < 1.29 is 8.78 Å². The number of rotatable bonds is 1. The van der Waals surface area contributed by atoms with Gasteiger partial charge in [0, 0.05) is 11.8 Å². The van der Waals surface area contributed by atoms with E-state index in [9.17, 15) is 8.78 Å². The molecule has 0 spiro atoms. The van der Waals surface area contributed by atoms with Gasteiger partial charge in [0.05, 0.1) is 0 Å². The summed E-state index contributed by atoms with van der Waals surface area (Å²) in [6.45, 7) is 0. The average molecular weight is 160 g/mol. The molecule has 0 nitrogen and oxygen atoms in total. The van der Waals surface area contributed by atoms with Crippen LogP contribution in [-0.4, -0.2) is 0 Å². The number of benzene rings is 1. The van der Waals surface area contributed by atoms with Crippen LogP contribution in [0.3, 0.4) is 0 Å². The van der Waals surface area contributed by atoms with E-state index in [0.717, 1.165) is 6.07 Å². The fourth-order valence-corrected chi connectivity index (χ4v) is 0.906. The van der Waals surface area contributed by atoms with Gasteiger partial charge in [-0.2, -0.15) is 12.6 Å². The zero-order valence-electron chi connectivity index (χ0n) is 5.14. The summed E-state index contributed by atoms with van der Waals surface area (Å²) in [5.41, 5.74) is 0.421. The number of hydrogen-bond acceptors (Lipinski definition) is 1. The summed E-state index contributed by atoms with van der Waals surface area (Å²) in [5.74, 6) is -0.787. The topological polar surface area (TPSA) is 0 Å². The Balaban J connectivity index is 3.07. The first-order chi connectivity index (χ1) is 4.74. The third-order valence-electron chi connectivity index (χ3n) is 1.19. The van der Waals surface area contributed by atoms with Crippen molar-refractivity contribution in [2.75, 3.05) is 0 Å². The van der Waals surface area contributed by atoms with E-state index >= 15 is 0 Å². The maximum atomic E-state index is 12.6. The SMILES string of the molecule is Fc1ccc(CS)c(F)c1. The van der Waals surface area contributed by atoms with Crippen LogP contribution in [0.2, 0.25) is 0 Å². The summed E-state index contributed by atoms with van der Waals surface area (Å²) in [6, 6.07) is 3.46. The Morgan fingerprint density at radius 3 is 2.50 bits per heavy atom. The van der Waals surface area contributed by atoms with Gasteiger partial charge in [-0.15, -0.1) is 0 Å². The van der Waals surface area contributed by atoms with Crippen LogP contribution >= 0.6 is 12.6 Å². The van der Waals surface area contributed by atoms with E-state index in [1.165, 1.54) is 12.1 Å². The number of halogens is 2. The van der Waals surface area contributed by atoms with Crippen LogP contribution in [0.15, 0.2) is 18.2 Å². The van der Waals surface area contributed by atoms with Gasteiger partial charge in [-0.25, -0.2) is 8.78 Å². The molecular formula is C7H6F2S. The smallest absolute Gasteiger partial charge is 0.130 e. The van der Waals surface area contributed by atoms with Crippen LogP contribution < -0.4 is 0 Å². The quantitative estimate of drug-likeness (QED) is 0.599. The molecule has 0 aliphatic carbocycles. The molecule has 54 valence electrons. The standard InChI is InChI=1S/C7H6F2S/c8-6-2-1-5(4-10)7(9)3-6/h1-3,10H,4H2. The molecule has 0 atom stereocenters. The highest BCUT2D eigenvalue weighted by atomic mass is 32.1. The summed E-state index contributed by atoms with van der Waals surface area (Å²) in [7, 11) is 0. The number of hydrogen-bond donors (Lipinski definition) is 1. The molecule has 1 aromatic rings. The third kappa shape index (κ3) is 1.48. The first-order valence-corrected chi connectivity index (χ1v) is 3.42. The first kappa shape index (κ1) is 7.54. The van der Waals surface area contributed by atoms with Gasteiger partial charge in [-0.3, -0.25) is 0 Å². The molecule has 0 saturated heterocycles. The highest BCUT2D eigenvalue weighted by Crippen LogP contribution is 2.10. The molecule has 0 aliphatic rings. The van der Waals surface area contributed by atoms with Crippen molar-refractivity contribution in [2.45, 2.75) is 5.75 Å². The van der Waals surface area contributed by atoms with Gasteiger partial charge in [0.25, 0.3) is 0 Å². The Morgan fingerprint density at radius 1 is 1.30 bits per heavy atom. The van der Waals surface area contributed by atoms with Gasteiger partial charge in [0.1, 0.15) is 11.6 Å². The molecule has 0 aliphatic heterocycles. The largest absolute Gasteiger partial charge is 0.207 e. The molecule has 0 fully saturated rings. The minimum atomic E-state index is -0.553. The molecule has 0 aromatic heterocycles. The van der Waals surface area contributed by atoms with Crippen LogP contribution in [0.1, 0.15) is 5.56 Å². The van der Waals surface area contributed by atoms with E-state index in [1.807, 2.05) is 0 Å². The lowest BCUT2D eigenvalue weighted by molar-refractivity contribution is 0.577. The van der Waals surface area contributed by atoms with E-state index < -0.39 is 11.6 Å². The van der Waals surface area contributed by atoms with Gasteiger partial charge in [0.15, 0.2) is 0 Å². The first-order valence-electron chi connectivity index (χ1n) is 2.79. The molecule has 10 heavy (non-hydrogen) atoms. The normalized spacial score (nSPS) is 9.90. The Labute approximate surface area is 63.3 Å². The van der Waals surface area contributed by atoms with Gasteiger partial charge >= 0.3 is 0 Å².